The van der Waals surface area contributed by atoms with E-state index in [1.54, 1.807) is 0 Å². The molecular formula is C20H27ClN4O3. The van der Waals surface area contributed by atoms with Crippen molar-refractivity contribution in [1.82, 2.24) is 15.1 Å². The third-order valence-electron chi connectivity index (χ3n) is 4.87. The molecule has 0 fully saturated rings. The van der Waals surface area contributed by atoms with Crippen molar-refractivity contribution in [2.45, 2.75) is 52.2 Å². The summed E-state index contributed by atoms with van der Waals surface area (Å²) in [6.45, 7) is 4.86. The van der Waals surface area contributed by atoms with Crippen LogP contribution < -0.4 is 11.1 Å². The van der Waals surface area contributed by atoms with Crippen LogP contribution in [0.25, 0.3) is 0 Å². The molecule has 8 heteroatoms. The molecule has 2 heterocycles. The maximum atomic E-state index is 12.5. The van der Waals surface area contributed by atoms with Gasteiger partial charge in [0.1, 0.15) is 11.6 Å². The summed E-state index contributed by atoms with van der Waals surface area (Å²) in [5, 5.41) is 7.33. The van der Waals surface area contributed by atoms with E-state index >= 15 is 0 Å². The SMILES string of the molecule is COC(=O)c1c(CNC(=O)C(N)c2cc(C)cc(C)c2)nn2c1CCCC2.Cl. The van der Waals surface area contributed by atoms with Gasteiger partial charge in [0, 0.05) is 6.54 Å². The highest BCUT2D eigenvalue weighted by atomic mass is 35.5. The van der Waals surface area contributed by atoms with Gasteiger partial charge in [-0.3, -0.25) is 9.48 Å². The number of nitrogens with one attached hydrogen (secondary N) is 1. The summed E-state index contributed by atoms with van der Waals surface area (Å²) in [7, 11) is 1.35. The number of halogens is 1. The first-order valence-corrected chi connectivity index (χ1v) is 9.19. The average Bonchev–Trinajstić information content (AvgIpc) is 3.02. The molecule has 3 N–H and O–H groups in total. The van der Waals surface area contributed by atoms with Crippen molar-refractivity contribution in [3.63, 3.8) is 0 Å². The molecule has 1 aromatic carbocycles. The number of nitrogens with two attached hydrogens (primary N) is 1. The third-order valence-corrected chi connectivity index (χ3v) is 4.87. The normalized spacial score (nSPS) is 13.9. The fourth-order valence-corrected chi connectivity index (χ4v) is 3.63. The number of ether oxygens (including phenoxy) is 1. The molecule has 0 saturated carbocycles. The zero-order valence-electron chi connectivity index (χ0n) is 16.4. The number of hydrogen-bond acceptors (Lipinski definition) is 5. The number of methoxy groups -OCH3 is 1. The Balaban J connectivity index is 0.00000280. The van der Waals surface area contributed by atoms with E-state index < -0.39 is 12.0 Å². The molecule has 1 amide bonds. The van der Waals surface area contributed by atoms with Gasteiger partial charge in [0.15, 0.2) is 0 Å². The van der Waals surface area contributed by atoms with E-state index in [-0.39, 0.29) is 24.9 Å². The second kappa shape index (κ2) is 9.21. The Bertz CT molecular complexity index is 858. The zero-order chi connectivity index (χ0) is 19.6. The topological polar surface area (TPSA) is 99.2 Å². The quantitative estimate of drug-likeness (QED) is 0.742. The van der Waals surface area contributed by atoms with Gasteiger partial charge in [-0.15, -0.1) is 12.4 Å². The van der Waals surface area contributed by atoms with Crippen LogP contribution in [0.4, 0.5) is 0 Å². The number of hydrogen-bond donors (Lipinski definition) is 2. The predicted molar refractivity (Wildman–Crippen MR) is 108 cm³/mol. The van der Waals surface area contributed by atoms with Crippen LogP contribution >= 0.6 is 12.4 Å². The van der Waals surface area contributed by atoms with Crippen LogP contribution in [0.2, 0.25) is 0 Å². The average molecular weight is 407 g/mol. The first-order valence-electron chi connectivity index (χ1n) is 9.19. The highest BCUT2D eigenvalue weighted by Gasteiger charge is 2.26. The summed E-state index contributed by atoms with van der Waals surface area (Å²) in [4.78, 5) is 24.8. The highest BCUT2D eigenvalue weighted by molar-refractivity contribution is 5.92. The Morgan fingerprint density at radius 1 is 1.25 bits per heavy atom. The molecule has 1 aliphatic rings. The number of benzene rings is 1. The fourth-order valence-electron chi connectivity index (χ4n) is 3.63. The molecule has 2 aromatic rings. The van der Waals surface area contributed by atoms with Crippen molar-refractivity contribution in [2.75, 3.05) is 7.11 Å². The third kappa shape index (κ3) is 4.54. The lowest BCUT2D eigenvalue weighted by Gasteiger charge is -2.14. The van der Waals surface area contributed by atoms with Crippen LogP contribution in [0, 0.1) is 13.8 Å². The minimum Gasteiger partial charge on any atom is -0.465 e. The van der Waals surface area contributed by atoms with E-state index in [1.807, 2.05) is 36.7 Å². The molecule has 7 nitrogen and oxygen atoms in total. The first-order chi connectivity index (χ1) is 12.9. The van der Waals surface area contributed by atoms with Crippen LogP contribution in [0.5, 0.6) is 0 Å². The number of esters is 1. The van der Waals surface area contributed by atoms with E-state index in [9.17, 15) is 9.59 Å². The van der Waals surface area contributed by atoms with Gasteiger partial charge in [-0.2, -0.15) is 5.10 Å². The van der Waals surface area contributed by atoms with Crippen molar-refractivity contribution in [1.29, 1.82) is 0 Å². The van der Waals surface area contributed by atoms with Gasteiger partial charge in [0.2, 0.25) is 5.91 Å². The molecule has 0 bridgehead atoms. The van der Waals surface area contributed by atoms with Crippen LogP contribution in [-0.2, 0) is 29.0 Å². The molecule has 0 saturated heterocycles. The lowest BCUT2D eigenvalue weighted by atomic mass is 10.0. The van der Waals surface area contributed by atoms with Gasteiger partial charge in [-0.1, -0.05) is 29.3 Å². The molecule has 28 heavy (non-hydrogen) atoms. The van der Waals surface area contributed by atoms with Crippen molar-refractivity contribution in [3.05, 3.63) is 51.8 Å². The van der Waals surface area contributed by atoms with Crippen molar-refractivity contribution >= 4 is 24.3 Å². The number of nitrogens with zero attached hydrogens (tertiary/aromatic N) is 2. The lowest BCUT2D eigenvalue weighted by molar-refractivity contribution is -0.122. The molecule has 0 radical (unpaired) electrons. The summed E-state index contributed by atoms with van der Waals surface area (Å²) < 4.78 is 6.77. The van der Waals surface area contributed by atoms with Crippen molar-refractivity contribution in [3.8, 4) is 0 Å². The molecule has 1 unspecified atom stereocenters. The molecular weight excluding hydrogens is 380 g/mol. The van der Waals surface area contributed by atoms with Gasteiger partial charge in [0.25, 0.3) is 0 Å². The second-order valence-electron chi connectivity index (χ2n) is 7.06. The maximum absolute atomic E-state index is 12.5. The molecule has 1 aliphatic heterocycles. The van der Waals surface area contributed by atoms with Crippen LogP contribution in [-0.4, -0.2) is 28.8 Å². The second-order valence-corrected chi connectivity index (χ2v) is 7.06. The largest absolute Gasteiger partial charge is 0.465 e. The van der Waals surface area contributed by atoms with Crippen LogP contribution in [0.15, 0.2) is 18.2 Å². The smallest absolute Gasteiger partial charge is 0.341 e. The molecule has 0 aliphatic carbocycles. The number of carbonyl (C=O) groups excluding carboxylic acids is 2. The summed E-state index contributed by atoms with van der Waals surface area (Å²) >= 11 is 0. The predicted octanol–water partition coefficient (Wildman–Crippen LogP) is 2.36. The van der Waals surface area contributed by atoms with E-state index in [0.29, 0.717) is 11.3 Å². The Morgan fingerprint density at radius 3 is 2.57 bits per heavy atom. The standard InChI is InChI=1S/C20H26N4O3.ClH/c1-12-8-13(2)10-14(9-12)18(21)19(25)22-11-15-17(20(26)27-3)16-6-4-5-7-24(16)23-15;/h8-10,18H,4-7,11,21H2,1-3H3,(H,22,25);1H. The molecule has 1 atom stereocenters. The zero-order valence-corrected chi connectivity index (χ0v) is 17.3. The number of aryl methyl sites for hydroxylation is 3. The number of rotatable bonds is 5. The summed E-state index contributed by atoms with van der Waals surface area (Å²) in [5.41, 5.74) is 10.9. The van der Waals surface area contributed by atoms with Gasteiger partial charge < -0.3 is 15.8 Å². The summed E-state index contributed by atoms with van der Waals surface area (Å²) in [6.07, 6.45) is 2.82. The van der Waals surface area contributed by atoms with Crippen LogP contribution in [0.3, 0.4) is 0 Å². The molecule has 3 rings (SSSR count). The molecule has 0 spiro atoms. The van der Waals surface area contributed by atoms with Gasteiger partial charge in [0.05, 0.1) is 25.0 Å². The van der Waals surface area contributed by atoms with E-state index in [0.717, 1.165) is 48.2 Å². The van der Waals surface area contributed by atoms with Crippen molar-refractivity contribution in [2.24, 2.45) is 5.73 Å². The van der Waals surface area contributed by atoms with Gasteiger partial charge in [-0.05, 0) is 38.7 Å². The fraction of sp³-hybridized carbons (Fsp3) is 0.450. The first kappa shape index (κ1) is 21.9. The maximum Gasteiger partial charge on any atom is 0.341 e. The summed E-state index contributed by atoms with van der Waals surface area (Å²) in [5.74, 6) is -0.720. The van der Waals surface area contributed by atoms with E-state index in [1.165, 1.54) is 7.11 Å². The Labute approximate surface area is 171 Å². The Hall–Kier alpha value is -2.38. The minimum atomic E-state index is -0.776. The van der Waals surface area contributed by atoms with Gasteiger partial charge in [-0.25, -0.2) is 4.79 Å². The Morgan fingerprint density at radius 2 is 1.93 bits per heavy atom. The number of aromatic nitrogens is 2. The minimum absolute atomic E-state index is 0. The summed E-state index contributed by atoms with van der Waals surface area (Å²) in [6, 6.07) is 5.08. The Kier molecular flexibility index (Phi) is 7.21. The van der Waals surface area contributed by atoms with E-state index in [4.69, 9.17) is 10.5 Å². The number of carbonyl (C=O) groups is 2. The van der Waals surface area contributed by atoms with Crippen molar-refractivity contribution < 1.29 is 14.3 Å². The monoisotopic (exact) mass is 406 g/mol. The molecule has 152 valence electrons. The molecule has 1 aromatic heterocycles. The number of amides is 1. The number of fused-ring (bicyclic) bond motifs is 1. The highest BCUT2D eigenvalue weighted by Crippen LogP contribution is 2.23. The van der Waals surface area contributed by atoms with Gasteiger partial charge >= 0.3 is 5.97 Å². The van der Waals surface area contributed by atoms with E-state index in [2.05, 4.69) is 10.4 Å². The lowest BCUT2D eigenvalue weighted by Crippen LogP contribution is -2.34. The van der Waals surface area contributed by atoms with Crippen LogP contribution in [0.1, 0.15) is 57.3 Å².